The van der Waals surface area contributed by atoms with Crippen molar-refractivity contribution in [2.45, 2.75) is 19.0 Å². The lowest BCUT2D eigenvalue weighted by Crippen LogP contribution is -2.56. The third kappa shape index (κ3) is 5.15. The molecule has 0 radical (unpaired) electrons. The van der Waals surface area contributed by atoms with Crippen molar-refractivity contribution in [1.82, 2.24) is 15.5 Å². The lowest BCUT2D eigenvalue weighted by Gasteiger charge is -2.34. The van der Waals surface area contributed by atoms with Gasteiger partial charge < -0.3 is 21.1 Å². The summed E-state index contributed by atoms with van der Waals surface area (Å²) < 4.78 is 19.1. The molecular weight excluding hydrogens is 331 g/mol. The molecule has 3 amide bonds. The largest absolute Gasteiger partial charge is 0.497 e. The van der Waals surface area contributed by atoms with E-state index in [1.165, 1.54) is 13.2 Å². The van der Waals surface area contributed by atoms with Gasteiger partial charge in [-0.05, 0) is 6.07 Å². The second-order valence-electron chi connectivity index (χ2n) is 5.68. The van der Waals surface area contributed by atoms with Crippen molar-refractivity contribution in [1.29, 1.82) is 0 Å². The number of benzene rings is 1. The van der Waals surface area contributed by atoms with Crippen molar-refractivity contribution in [2.75, 3.05) is 26.7 Å². The zero-order valence-electron chi connectivity index (χ0n) is 13.9. The van der Waals surface area contributed by atoms with E-state index in [1.807, 2.05) is 0 Å². The van der Waals surface area contributed by atoms with E-state index in [9.17, 15) is 18.8 Å². The zero-order chi connectivity index (χ0) is 18.4. The molecule has 0 saturated carbocycles. The van der Waals surface area contributed by atoms with Gasteiger partial charge in [0.05, 0.1) is 26.1 Å². The summed E-state index contributed by atoms with van der Waals surface area (Å²) in [5.41, 5.74) is 5.38. The minimum atomic E-state index is -0.747. The Balaban J connectivity index is 2.07. The van der Waals surface area contributed by atoms with Gasteiger partial charge in [0.2, 0.25) is 17.7 Å². The highest BCUT2D eigenvalue weighted by atomic mass is 19.1. The average Bonchev–Trinajstić information content (AvgIpc) is 2.57. The summed E-state index contributed by atoms with van der Waals surface area (Å²) in [7, 11) is 1.45. The van der Waals surface area contributed by atoms with Gasteiger partial charge in [0.25, 0.3) is 0 Å². The summed E-state index contributed by atoms with van der Waals surface area (Å²) in [5.74, 6) is -1.49. The van der Waals surface area contributed by atoms with Crippen LogP contribution in [0.1, 0.15) is 12.0 Å². The Kier molecular flexibility index (Phi) is 6.29. The predicted molar refractivity (Wildman–Crippen MR) is 87.0 cm³/mol. The van der Waals surface area contributed by atoms with E-state index in [-0.39, 0.29) is 25.4 Å². The number of nitrogens with two attached hydrogens (primary N) is 1. The minimum absolute atomic E-state index is 0.142. The smallest absolute Gasteiger partial charge is 0.237 e. The van der Waals surface area contributed by atoms with Crippen molar-refractivity contribution in [3.63, 3.8) is 0 Å². The molecule has 1 aromatic rings. The van der Waals surface area contributed by atoms with Crippen LogP contribution >= 0.6 is 0 Å². The Hall–Kier alpha value is -2.68. The number of ether oxygens (including phenoxy) is 1. The number of nitrogens with zero attached hydrogens (tertiary/aromatic N) is 1. The summed E-state index contributed by atoms with van der Waals surface area (Å²) in [4.78, 5) is 36.5. The van der Waals surface area contributed by atoms with E-state index in [0.29, 0.717) is 24.4 Å². The van der Waals surface area contributed by atoms with Gasteiger partial charge in [-0.25, -0.2) is 4.39 Å². The second-order valence-corrected chi connectivity index (χ2v) is 5.68. The maximum Gasteiger partial charge on any atom is 0.237 e. The topological polar surface area (TPSA) is 114 Å². The standard InChI is InChI=1S/C16H21FN4O4/c1-25-11-3-2-10(12(17)6-11)9-21-5-4-19-16(24)13(21)7-15(23)20-8-14(18)22/h2-3,6,13H,4-5,7-9H2,1H3,(H2,18,22)(H,19,24)(H,20,23)/t13-/m0/s1. The van der Waals surface area contributed by atoms with E-state index in [1.54, 1.807) is 17.0 Å². The van der Waals surface area contributed by atoms with Crippen LogP contribution in [0.4, 0.5) is 4.39 Å². The Morgan fingerprint density at radius 3 is 2.88 bits per heavy atom. The Bertz CT molecular complexity index is 668. The molecule has 0 aromatic heterocycles. The lowest BCUT2D eigenvalue weighted by atomic mass is 10.1. The average molecular weight is 352 g/mol. The van der Waals surface area contributed by atoms with E-state index in [2.05, 4.69) is 10.6 Å². The van der Waals surface area contributed by atoms with Gasteiger partial charge in [0.1, 0.15) is 11.6 Å². The summed E-state index contributed by atoms with van der Waals surface area (Å²) in [6, 6.07) is 3.75. The van der Waals surface area contributed by atoms with Crippen molar-refractivity contribution in [3.05, 3.63) is 29.6 Å². The van der Waals surface area contributed by atoms with E-state index < -0.39 is 23.7 Å². The third-order valence-electron chi connectivity index (χ3n) is 3.91. The summed E-state index contributed by atoms with van der Waals surface area (Å²) in [5, 5.41) is 5.04. The number of primary amides is 1. The minimum Gasteiger partial charge on any atom is -0.497 e. The molecule has 0 aliphatic carbocycles. The van der Waals surface area contributed by atoms with Crippen LogP contribution in [0, 0.1) is 5.82 Å². The van der Waals surface area contributed by atoms with Crippen LogP contribution in [0.25, 0.3) is 0 Å². The van der Waals surface area contributed by atoms with Gasteiger partial charge in [-0.15, -0.1) is 0 Å². The summed E-state index contributed by atoms with van der Waals surface area (Å²) in [6.45, 7) is 0.776. The van der Waals surface area contributed by atoms with Crippen LogP contribution in [0.15, 0.2) is 18.2 Å². The molecule has 1 saturated heterocycles. The van der Waals surface area contributed by atoms with Crippen LogP contribution in [-0.4, -0.2) is 55.4 Å². The van der Waals surface area contributed by atoms with Crippen LogP contribution < -0.4 is 21.1 Å². The van der Waals surface area contributed by atoms with Gasteiger partial charge in [0, 0.05) is 31.3 Å². The molecule has 1 aromatic carbocycles. The van der Waals surface area contributed by atoms with E-state index in [4.69, 9.17) is 10.5 Å². The molecule has 1 heterocycles. The van der Waals surface area contributed by atoms with Crippen molar-refractivity contribution in [2.24, 2.45) is 5.73 Å². The summed E-state index contributed by atoms with van der Waals surface area (Å²) in [6.07, 6.45) is -0.142. The molecule has 25 heavy (non-hydrogen) atoms. The molecule has 136 valence electrons. The van der Waals surface area contributed by atoms with Crippen molar-refractivity contribution < 1.29 is 23.5 Å². The highest BCUT2D eigenvalue weighted by Crippen LogP contribution is 2.20. The number of rotatable bonds is 7. The van der Waals surface area contributed by atoms with Crippen molar-refractivity contribution in [3.8, 4) is 5.75 Å². The number of hydrogen-bond donors (Lipinski definition) is 3. The zero-order valence-corrected chi connectivity index (χ0v) is 13.9. The van der Waals surface area contributed by atoms with Crippen LogP contribution in [-0.2, 0) is 20.9 Å². The first-order valence-electron chi connectivity index (χ1n) is 7.80. The number of hydrogen-bond acceptors (Lipinski definition) is 5. The molecule has 0 bridgehead atoms. The van der Waals surface area contributed by atoms with E-state index in [0.717, 1.165) is 0 Å². The molecule has 0 unspecified atom stereocenters. The van der Waals surface area contributed by atoms with E-state index >= 15 is 0 Å². The molecule has 1 fully saturated rings. The third-order valence-corrected chi connectivity index (χ3v) is 3.91. The number of amides is 3. The van der Waals surface area contributed by atoms with Gasteiger partial charge in [-0.2, -0.15) is 0 Å². The molecule has 1 atom stereocenters. The fourth-order valence-corrected chi connectivity index (χ4v) is 2.61. The first kappa shape index (κ1) is 18.7. The normalized spacial score (nSPS) is 17.7. The quantitative estimate of drug-likeness (QED) is 0.590. The van der Waals surface area contributed by atoms with Crippen LogP contribution in [0.3, 0.4) is 0 Å². The SMILES string of the molecule is COc1ccc(CN2CCNC(=O)[C@@H]2CC(=O)NCC(N)=O)c(F)c1. The highest BCUT2D eigenvalue weighted by molar-refractivity contribution is 5.90. The molecule has 1 aliphatic rings. The van der Waals surface area contributed by atoms with Gasteiger partial charge in [-0.1, -0.05) is 6.07 Å². The molecule has 0 spiro atoms. The first-order valence-corrected chi connectivity index (χ1v) is 7.80. The monoisotopic (exact) mass is 352 g/mol. The van der Waals surface area contributed by atoms with Crippen LogP contribution in [0.5, 0.6) is 5.75 Å². The van der Waals surface area contributed by atoms with Crippen LogP contribution in [0.2, 0.25) is 0 Å². The number of methoxy groups -OCH3 is 1. The number of piperazine rings is 1. The first-order chi connectivity index (χ1) is 11.9. The maximum atomic E-state index is 14.2. The number of carbonyl (C=O) groups is 3. The van der Waals surface area contributed by atoms with Gasteiger partial charge in [-0.3, -0.25) is 19.3 Å². The highest BCUT2D eigenvalue weighted by Gasteiger charge is 2.32. The fourth-order valence-electron chi connectivity index (χ4n) is 2.61. The Morgan fingerprint density at radius 2 is 2.24 bits per heavy atom. The number of halogens is 1. The Morgan fingerprint density at radius 1 is 1.48 bits per heavy atom. The lowest BCUT2D eigenvalue weighted by molar-refractivity contribution is -0.134. The molecule has 9 heteroatoms. The maximum absolute atomic E-state index is 14.2. The molecular formula is C16H21FN4O4. The number of nitrogens with one attached hydrogen (secondary N) is 2. The predicted octanol–water partition coefficient (Wildman–Crippen LogP) is -0.874. The van der Waals surface area contributed by atoms with Gasteiger partial charge in [0.15, 0.2) is 0 Å². The molecule has 4 N–H and O–H groups in total. The Labute approximate surface area is 144 Å². The molecule has 2 rings (SSSR count). The van der Waals surface area contributed by atoms with Gasteiger partial charge >= 0.3 is 0 Å². The second kappa shape index (κ2) is 8.43. The summed E-state index contributed by atoms with van der Waals surface area (Å²) >= 11 is 0. The van der Waals surface area contributed by atoms with Crippen molar-refractivity contribution >= 4 is 17.7 Å². The molecule has 8 nitrogen and oxygen atoms in total. The number of carbonyl (C=O) groups excluding carboxylic acids is 3. The fraction of sp³-hybridized carbons (Fsp3) is 0.438. The molecule has 1 aliphatic heterocycles.